The van der Waals surface area contributed by atoms with Gasteiger partial charge in [0.05, 0.1) is 5.38 Å². The molecule has 2 nitrogen and oxygen atoms in total. The van der Waals surface area contributed by atoms with E-state index in [0.29, 0.717) is 18.0 Å². The molecule has 0 fully saturated rings. The molecule has 0 spiro atoms. The van der Waals surface area contributed by atoms with Crippen molar-refractivity contribution in [1.82, 2.24) is 5.32 Å². The molecule has 1 aromatic carbocycles. The summed E-state index contributed by atoms with van der Waals surface area (Å²) in [5, 5.41) is 2.91. The Morgan fingerprint density at radius 2 is 2.00 bits per heavy atom. The van der Waals surface area contributed by atoms with Gasteiger partial charge in [-0.2, -0.15) is 0 Å². The number of alkyl halides is 1. The Morgan fingerprint density at radius 1 is 1.33 bits per heavy atom. The maximum absolute atomic E-state index is 11.9. The summed E-state index contributed by atoms with van der Waals surface area (Å²) in [7, 11) is 0. The molecule has 1 rings (SSSR count). The van der Waals surface area contributed by atoms with E-state index in [2.05, 4.69) is 19.2 Å². The van der Waals surface area contributed by atoms with E-state index in [9.17, 15) is 4.79 Å². The Balaban J connectivity index is 2.51. The molecule has 0 aliphatic heterocycles. The van der Waals surface area contributed by atoms with Crippen molar-refractivity contribution in [3.8, 4) is 0 Å². The summed E-state index contributed by atoms with van der Waals surface area (Å²) < 4.78 is 0. The molecule has 0 heterocycles. The lowest BCUT2D eigenvalue weighted by atomic mass is 9.99. The van der Waals surface area contributed by atoms with Crippen molar-refractivity contribution in [1.29, 1.82) is 0 Å². The van der Waals surface area contributed by atoms with Crippen LogP contribution in [0.1, 0.15) is 42.6 Å². The van der Waals surface area contributed by atoms with Gasteiger partial charge in [0, 0.05) is 12.1 Å². The minimum Gasteiger partial charge on any atom is -0.351 e. The molecule has 3 heteroatoms. The smallest absolute Gasteiger partial charge is 0.251 e. The minimum absolute atomic E-state index is 0.00811. The van der Waals surface area contributed by atoms with Crippen LogP contribution in [0.2, 0.25) is 0 Å². The van der Waals surface area contributed by atoms with Gasteiger partial charge in [-0.25, -0.2) is 0 Å². The molecule has 0 aromatic heterocycles. The number of rotatable bonds is 6. The van der Waals surface area contributed by atoms with Gasteiger partial charge >= 0.3 is 0 Å². The highest BCUT2D eigenvalue weighted by molar-refractivity contribution is 6.21. The topological polar surface area (TPSA) is 29.1 Å². The van der Waals surface area contributed by atoms with Gasteiger partial charge in [0.25, 0.3) is 5.91 Å². The largest absolute Gasteiger partial charge is 0.351 e. The first-order valence-corrected chi connectivity index (χ1v) is 7.01. The lowest BCUT2D eigenvalue weighted by Crippen LogP contribution is -2.33. The van der Waals surface area contributed by atoms with Crippen LogP contribution in [0.5, 0.6) is 0 Å². The van der Waals surface area contributed by atoms with Gasteiger partial charge in [0.1, 0.15) is 0 Å². The maximum Gasteiger partial charge on any atom is 0.251 e. The summed E-state index contributed by atoms with van der Waals surface area (Å²) >= 11 is 6.30. The Kier molecular flexibility index (Phi) is 6.20. The zero-order chi connectivity index (χ0) is 13.5. The second-order valence-electron chi connectivity index (χ2n) is 4.67. The lowest BCUT2D eigenvalue weighted by Gasteiger charge is -2.19. The molecule has 0 aliphatic carbocycles. The Bertz CT molecular complexity index is 388. The molecule has 1 unspecified atom stereocenters. The summed E-state index contributed by atoms with van der Waals surface area (Å²) in [5.74, 6) is 0.416. The van der Waals surface area contributed by atoms with Crippen LogP contribution in [0.4, 0.5) is 0 Å². The molecule has 100 valence electrons. The van der Waals surface area contributed by atoms with E-state index in [0.717, 1.165) is 18.4 Å². The van der Waals surface area contributed by atoms with Gasteiger partial charge in [0.15, 0.2) is 0 Å². The number of carbonyl (C=O) groups is 1. The van der Waals surface area contributed by atoms with Crippen LogP contribution in [0.15, 0.2) is 24.3 Å². The molecule has 1 aromatic rings. The van der Waals surface area contributed by atoms with E-state index in [1.165, 1.54) is 0 Å². The zero-order valence-corrected chi connectivity index (χ0v) is 12.1. The van der Waals surface area contributed by atoms with Crippen LogP contribution < -0.4 is 5.32 Å². The van der Waals surface area contributed by atoms with E-state index < -0.39 is 0 Å². The molecule has 0 radical (unpaired) electrons. The average Bonchev–Trinajstić information content (AvgIpc) is 2.37. The van der Waals surface area contributed by atoms with Crippen LogP contribution in [0.25, 0.3) is 0 Å². The van der Waals surface area contributed by atoms with Crippen LogP contribution in [0, 0.1) is 12.8 Å². The normalized spacial score (nSPS) is 12.5. The molecule has 0 aliphatic rings. The molecule has 1 N–H and O–H groups in total. The van der Waals surface area contributed by atoms with Gasteiger partial charge < -0.3 is 5.32 Å². The van der Waals surface area contributed by atoms with E-state index in [4.69, 9.17) is 11.6 Å². The molecule has 1 amide bonds. The number of hydrogen-bond donors (Lipinski definition) is 1. The molecule has 0 bridgehead atoms. The summed E-state index contributed by atoms with van der Waals surface area (Å²) in [6, 6.07) is 7.58. The third kappa shape index (κ3) is 4.34. The third-order valence-corrected chi connectivity index (χ3v) is 3.81. The first-order valence-electron chi connectivity index (χ1n) is 6.57. The van der Waals surface area contributed by atoms with Crippen molar-refractivity contribution in [2.45, 2.75) is 39.0 Å². The van der Waals surface area contributed by atoms with Gasteiger partial charge in [-0.15, -0.1) is 11.6 Å². The van der Waals surface area contributed by atoms with E-state index in [1.807, 2.05) is 31.2 Å². The van der Waals surface area contributed by atoms with E-state index >= 15 is 0 Å². The molecule has 18 heavy (non-hydrogen) atoms. The number of hydrogen-bond acceptors (Lipinski definition) is 1. The van der Waals surface area contributed by atoms with E-state index in [-0.39, 0.29) is 11.3 Å². The van der Waals surface area contributed by atoms with Gasteiger partial charge in [-0.3, -0.25) is 4.79 Å². The summed E-state index contributed by atoms with van der Waals surface area (Å²) in [5.41, 5.74) is 1.79. The van der Waals surface area contributed by atoms with Crippen molar-refractivity contribution in [3.63, 3.8) is 0 Å². The molecule has 0 saturated carbocycles. The molecular weight excluding hydrogens is 246 g/mol. The number of amides is 1. The fourth-order valence-corrected chi connectivity index (χ4v) is 2.48. The van der Waals surface area contributed by atoms with E-state index in [1.54, 1.807) is 0 Å². The predicted octanol–water partition coefficient (Wildman–Crippen LogP) is 3.77. The highest BCUT2D eigenvalue weighted by Crippen LogP contribution is 2.17. The lowest BCUT2D eigenvalue weighted by molar-refractivity contribution is 0.0951. The Morgan fingerprint density at radius 3 is 2.56 bits per heavy atom. The monoisotopic (exact) mass is 267 g/mol. The van der Waals surface area contributed by atoms with Gasteiger partial charge in [-0.05, 0) is 25.0 Å². The second-order valence-corrected chi connectivity index (χ2v) is 5.23. The highest BCUT2D eigenvalue weighted by atomic mass is 35.5. The van der Waals surface area contributed by atoms with Crippen LogP contribution in [-0.4, -0.2) is 17.8 Å². The molecular formula is C15H22ClNO. The SMILES string of the molecule is CCC(CC)C(Cl)CNC(=O)c1cccc(C)c1. The van der Waals surface area contributed by atoms with Crippen molar-refractivity contribution in [3.05, 3.63) is 35.4 Å². The summed E-state index contributed by atoms with van der Waals surface area (Å²) in [6.07, 6.45) is 2.09. The molecule has 0 saturated heterocycles. The van der Waals surface area contributed by atoms with Crippen LogP contribution >= 0.6 is 11.6 Å². The standard InChI is InChI=1S/C15H22ClNO/c1-4-12(5-2)14(16)10-17-15(18)13-8-6-7-11(3)9-13/h6-9,12,14H,4-5,10H2,1-3H3,(H,17,18). The second kappa shape index (κ2) is 7.42. The van der Waals surface area contributed by atoms with Crippen LogP contribution in [-0.2, 0) is 0 Å². The third-order valence-electron chi connectivity index (χ3n) is 3.30. The van der Waals surface area contributed by atoms with Crippen LogP contribution in [0.3, 0.4) is 0 Å². The van der Waals surface area contributed by atoms with Gasteiger partial charge in [0.2, 0.25) is 0 Å². The fraction of sp³-hybridized carbons (Fsp3) is 0.533. The summed E-state index contributed by atoms with van der Waals surface area (Å²) in [6.45, 7) is 6.77. The van der Waals surface area contributed by atoms with Gasteiger partial charge in [-0.1, -0.05) is 44.4 Å². The summed E-state index contributed by atoms with van der Waals surface area (Å²) in [4.78, 5) is 11.9. The first-order chi connectivity index (χ1) is 8.58. The first kappa shape index (κ1) is 15.0. The number of benzene rings is 1. The number of aryl methyl sites for hydroxylation is 1. The number of nitrogens with one attached hydrogen (secondary N) is 1. The Hall–Kier alpha value is -1.02. The maximum atomic E-state index is 11.9. The predicted molar refractivity (Wildman–Crippen MR) is 77.2 cm³/mol. The molecule has 1 atom stereocenters. The van der Waals surface area contributed by atoms with Crippen molar-refractivity contribution < 1.29 is 4.79 Å². The number of carbonyl (C=O) groups excluding carboxylic acids is 1. The van der Waals surface area contributed by atoms with Crippen molar-refractivity contribution in [2.24, 2.45) is 5.92 Å². The highest BCUT2D eigenvalue weighted by Gasteiger charge is 2.16. The zero-order valence-electron chi connectivity index (χ0n) is 11.4. The minimum atomic E-state index is -0.0460. The quantitative estimate of drug-likeness (QED) is 0.781. The number of halogens is 1. The van der Waals surface area contributed by atoms with Crippen molar-refractivity contribution >= 4 is 17.5 Å². The Labute approximate surface area is 115 Å². The average molecular weight is 268 g/mol. The fourth-order valence-electron chi connectivity index (χ4n) is 2.05. The van der Waals surface area contributed by atoms with Crippen molar-refractivity contribution in [2.75, 3.05) is 6.54 Å².